The first-order valence-electron chi connectivity index (χ1n) is 5.91. The van der Waals surface area contributed by atoms with Gasteiger partial charge < -0.3 is 4.90 Å². The molecule has 0 saturated carbocycles. The van der Waals surface area contributed by atoms with Gasteiger partial charge >= 0.3 is 0 Å². The summed E-state index contributed by atoms with van der Waals surface area (Å²) in [6.45, 7) is 10.4. The van der Waals surface area contributed by atoms with Gasteiger partial charge in [0.2, 0.25) is 0 Å². The number of nitrogens with zero attached hydrogens (tertiary/aromatic N) is 3. The highest BCUT2D eigenvalue weighted by Gasteiger charge is 2.13. The first-order valence-corrected chi connectivity index (χ1v) is 5.91. The van der Waals surface area contributed by atoms with E-state index < -0.39 is 0 Å². The van der Waals surface area contributed by atoms with Crippen molar-refractivity contribution in [2.24, 2.45) is 9.98 Å². The third-order valence-corrected chi connectivity index (χ3v) is 2.65. The van der Waals surface area contributed by atoms with E-state index in [4.69, 9.17) is 0 Å². The summed E-state index contributed by atoms with van der Waals surface area (Å²) in [5.74, 6) is 0.925. The van der Waals surface area contributed by atoms with Gasteiger partial charge in [-0.1, -0.05) is 26.3 Å². The molecule has 0 rings (SSSR count). The average Bonchev–Trinajstić information content (AvgIpc) is 2.25. The number of likely N-dealkylation sites (N-methyl/N-ethyl adjacent to an activating group) is 1. The predicted molar refractivity (Wildman–Crippen MR) is 73.4 cm³/mol. The summed E-state index contributed by atoms with van der Waals surface area (Å²) >= 11 is 0. The molecule has 0 saturated heterocycles. The molecule has 16 heavy (non-hydrogen) atoms. The van der Waals surface area contributed by atoms with Crippen LogP contribution < -0.4 is 0 Å². The van der Waals surface area contributed by atoms with Gasteiger partial charge in [-0.3, -0.25) is 4.99 Å². The normalized spacial score (nSPS) is 14.2. The van der Waals surface area contributed by atoms with Crippen LogP contribution in [0, 0.1) is 0 Å². The van der Waals surface area contributed by atoms with Gasteiger partial charge in [0.25, 0.3) is 0 Å². The predicted octanol–water partition coefficient (Wildman–Crippen LogP) is 3.13. The first kappa shape index (κ1) is 14.9. The summed E-state index contributed by atoms with van der Waals surface area (Å²) in [6, 6.07) is 0.487. The maximum Gasteiger partial charge on any atom is 0.132 e. The van der Waals surface area contributed by atoms with E-state index in [-0.39, 0.29) is 0 Å². The molecule has 1 unspecified atom stereocenters. The minimum absolute atomic E-state index is 0.487. The Morgan fingerprint density at radius 1 is 1.50 bits per heavy atom. The summed E-state index contributed by atoms with van der Waals surface area (Å²) in [4.78, 5) is 10.4. The van der Waals surface area contributed by atoms with Crippen molar-refractivity contribution in [1.82, 2.24) is 4.90 Å². The molecular weight excluding hydrogens is 198 g/mol. The third-order valence-electron chi connectivity index (χ3n) is 2.65. The molecule has 0 aromatic carbocycles. The second-order valence-electron chi connectivity index (χ2n) is 4.21. The Bertz CT molecular complexity index is 266. The summed E-state index contributed by atoms with van der Waals surface area (Å²) in [5, 5.41) is 0. The van der Waals surface area contributed by atoms with Gasteiger partial charge in [0.05, 0.1) is 0 Å². The zero-order chi connectivity index (χ0) is 12.6. The van der Waals surface area contributed by atoms with Gasteiger partial charge in [0.15, 0.2) is 0 Å². The lowest BCUT2D eigenvalue weighted by Crippen LogP contribution is -2.35. The molecule has 0 aromatic rings. The fraction of sp³-hybridized carbons (Fsp3) is 0.692. The molecule has 0 radical (unpaired) electrons. The fourth-order valence-electron chi connectivity index (χ4n) is 1.52. The quantitative estimate of drug-likeness (QED) is 0.502. The zero-order valence-corrected chi connectivity index (χ0v) is 11.3. The molecule has 3 heteroatoms. The molecule has 0 heterocycles. The Kier molecular flexibility index (Phi) is 7.52. The van der Waals surface area contributed by atoms with Crippen molar-refractivity contribution < 1.29 is 0 Å². The van der Waals surface area contributed by atoms with Crippen LogP contribution >= 0.6 is 0 Å². The molecule has 0 amide bonds. The molecule has 92 valence electrons. The van der Waals surface area contributed by atoms with Crippen molar-refractivity contribution >= 4 is 12.2 Å². The molecule has 0 spiro atoms. The minimum Gasteiger partial charge on any atom is -0.357 e. The van der Waals surface area contributed by atoms with Crippen LogP contribution in [0.2, 0.25) is 0 Å². The number of rotatable bonds is 6. The molecule has 0 aliphatic rings. The van der Waals surface area contributed by atoms with Crippen LogP contribution in [0.15, 0.2) is 22.1 Å². The van der Waals surface area contributed by atoms with E-state index in [9.17, 15) is 0 Å². The van der Waals surface area contributed by atoms with Gasteiger partial charge in [-0.2, -0.15) is 0 Å². The summed E-state index contributed by atoms with van der Waals surface area (Å²) in [7, 11) is 3.79. The number of hydrogen-bond donors (Lipinski definition) is 0. The highest BCUT2D eigenvalue weighted by atomic mass is 15.2. The lowest BCUT2D eigenvalue weighted by molar-refractivity contribution is 0.361. The van der Waals surface area contributed by atoms with E-state index in [1.165, 1.54) is 19.3 Å². The lowest BCUT2D eigenvalue weighted by atomic mass is 10.1. The Morgan fingerprint density at radius 3 is 2.56 bits per heavy atom. The Labute approximate surface area is 100.0 Å². The van der Waals surface area contributed by atoms with E-state index >= 15 is 0 Å². The molecule has 0 aliphatic heterocycles. The molecule has 0 N–H and O–H groups in total. The van der Waals surface area contributed by atoms with Gasteiger partial charge in [0.1, 0.15) is 12.2 Å². The van der Waals surface area contributed by atoms with Crippen molar-refractivity contribution in [2.45, 2.75) is 46.1 Å². The van der Waals surface area contributed by atoms with Crippen molar-refractivity contribution in [3.8, 4) is 0 Å². The Morgan fingerprint density at radius 2 is 2.12 bits per heavy atom. The molecule has 0 aromatic heterocycles. The molecular formula is C13H25N3. The van der Waals surface area contributed by atoms with Crippen LogP contribution in [0.4, 0.5) is 0 Å². The zero-order valence-electron chi connectivity index (χ0n) is 11.3. The molecule has 0 bridgehead atoms. The van der Waals surface area contributed by atoms with Crippen LogP contribution in [0.1, 0.15) is 40.0 Å². The lowest BCUT2D eigenvalue weighted by Gasteiger charge is -2.28. The smallest absolute Gasteiger partial charge is 0.132 e. The van der Waals surface area contributed by atoms with Crippen molar-refractivity contribution in [3.63, 3.8) is 0 Å². The van der Waals surface area contributed by atoms with Crippen molar-refractivity contribution in [2.75, 3.05) is 14.1 Å². The standard InChI is InChI=1S/C13H25N3/c1-7-8-9-12(4)16(6)13(11(2)3)15-10-14-5/h10,12H,2,7-9H2,1,3-6H3. The average molecular weight is 223 g/mol. The van der Waals surface area contributed by atoms with Crippen LogP contribution in [0.5, 0.6) is 0 Å². The summed E-state index contributed by atoms with van der Waals surface area (Å²) in [5.41, 5.74) is 0.978. The van der Waals surface area contributed by atoms with E-state index in [0.717, 1.165) is 11.4 Å². The second-order valence-corrected chi connectivity index (χ2v) is 4.21. The van der Waals surface area contributed by atoms with Crippen LogP contribution in [0.3, 0.4) is 0 Å². The van der Waals surface area contributed by atoms with E-state index in [1.54, 1.807) is 13.4 Å². The number of unbranched alkanes of at least 4 members (excludes halogenated alkanes) is 1. The molecule has 0 aliphatic carbocycles. The SMILES string of the molecule is C=C(C)C(=NC=NC)N(C)C(C)CCCC. The topological polar surface area (TPSA) is 28.0 Å². The first-order chi connectivity index (χ1) is 7.54. The number of hydrogen-bond acceptors (Lipinski definition) is 1. The number of amidine groups is 1. The third kappa shape index (κ3) is 5.10. The summed E-state index contributed by atoms with van der Waals surface area (Å²) < 4.78 is 0. The van der Waals surface area contributed by atoms with Gasteiger partial charge in [-0.05, 0) is 25.8 Å². The van der Waals surface area contributed by atoms with E-state index in [2.05, 4.69) is 42.4 Å². The van der Waals surface area contributed by atoms with Crippen molar-refractivity contribution in [1.29, 1.82) is 0 Å². The van der Waals surface area contributed by atoms with E-state index in [0.29, 0.717) is 6.04 Å². The number of aliphatic imine (C=N–C) groups is 2. The van der Waals surface area contributed by atoms with Gasteiger partial charge in [-0.15, -0.1) is 0 Å². The molecule has 3 nitrogen and oxygen atoms in total. The molecule has 1 atom stereocenters. The monoisotopic (exact) mass is 223 g/mol. The fourth-order valence-corrected chi connectivity index (χ4v) is 1.52. The molecule has 0 fully saturated rings. The largest absolute Gasteiger partial charge is 0.357 e. The van der Waals surface area contributed by atoms with Gasteiger partial charge in [-0.25, -0.2) is 4.99 Å². The maximum absolute atomic E-state index is 4.32. The Hall–Kier alpha value is -1.12. The Balaban J connectivity index is 4.61. The highest BCUT2D eigenvalue weighted by Crippen LogP contribution is 2.10. The van der Waals surface area contributed by atoms with Crippen LogP contribution in [-0.2, 0) is 0 Å². The second kappa shape index (κ2) is 8.08. The van der Waals surface area contributed by atoms with Crippen LogP contribution in [-0.4, -0.2) is 37.2 Å². The highest BCUT2D eigenvalue weighted by molar-refractivity contribution is 6.01. The minimum atomic E-state index is 0.487. The van der Waals surface area contributed by atoms with Crippen LogP contribution in [0.25, 0.3) is 0 Å². The van der Waals surface area contributed by atoms with E-state index in [1.807, 2.05) is 6.92 Å². The van der Waals surface area contributed by atoms with Crippen molar-refractivity contribution in [3.05, 3.63) is 12.2 Å². The summed E-state index contributed by atoms with van der Waals surface area (Å²) in [6.07, 6.45) is 5.24. The van der Waals surface area contributed by atoms with Gasteiger partial charge in [0, 0.05) is 20.1 Å². The maximum atomic E-state index is 4.32.